The van der Waals surface area contributed by atoms with Gasteiger partial charge in [0.25, 0.3) is 5.91 Å². The van der Waals surface area contributed by atoms with Crippen molar-refractivity contribution >= 4 is 33.0 Å². The Morgan fingerprint density at radius 1 is 1.04 bits per heavy atom. The van der Waals surface area contributed by atoms with Gasteiger partial charge in [0.15, 0.2) is 0 Å². The third-order valence-corrected chi connectivity index (χ3v) is 5.24. The molecule has 0 fully saturated rings. The number of rotatable bonds is 5. The predicted molar refractivity (Wildman–Crippen MR) is 99.6 cm³/mol. The maximum Gasteiger partial charge on any atom is 0.266 e. The van der Waals surface area contributed by atoms with E-state index >= 15 is 0 Å². The minimum atomic E-state index is -0.00102. The predicted octanol–water partition coefficient (Wildman–Crippen LogP) is 5.67. The van der Waals surface area contributed by atoms with E-state index in [0.717, 1.165) is 29.8 Å². The summed E-state index contributed by atoms with van der Waals surface area (Å²) in [6, 6.07) is 16.3. The number of amides is 1. The quantitative estimate of drug-likeness (QED) is 0.644. The third-order valence-electron chi connectivity index (χ3n) is 4.02. The molecule has 1 heterocycles. The first-order chi connectivity index (χ1) is 11.2. The molecule has 0 unspecified atom stereocenters. The normalized spacial score (nSPS) is 10.9. The second-order valence-electron chi connectivity index (χ2n) is 5.66. The van der Waals surface area contributed by atoms with Crippen molar-refractivity contribution < 1.29 is 4.79 Å². The Hall–Kier alpha value is -2.13. The number of hydrogen-bond acceptors (Lipinski definition) is 2. The fraction of sp³-hybridized carbons (Fsp3) is 0.250. The number of aryl methyl sites for hydroxylation is 2. The van der Waals surface area contributed by atoms with Gasteiger partial charge in [0, 0.05) is 10.4 Å². The van der Waals surface area contributed by atoms with Crippen molar-refractivity contribution in [3.05, 3.63) is 64.5 Å². The molecule has 3 heteroatoms. The molecule has 0 spiro atoms. The van der Waals surface area contributed by atoms with Gasteiger partial charge in [-0.05, 0) is 47.6 Å². The van der Waals surface area contributed by atoms with Crippen LogP contribution in [0.4, 0.5) is 5.69 Å². The summed E-state index contributed by atoms with van der Waals surface area (Å²) in [7, 11) is 0. The molecule has 0 radical (unpaired) electrons. The van der Waals surface area contributed by atoms with Crippen molar-refractivity contribution in [3.63, 3.8) is 0 Å². The van der Waals surface area contributed by atoms with Crippen molar-refractivity contribution in [3.8, 4) is 0 Å². The van der Waals surface area contributed by atoms with E-state index in [0.29, 0.717) is 0 Å². The molecule has 0 aliphatic heterocycles. The number of carbonyl (C=O) groups excluding carboxylic acids is 1. The Morgan fingerprint density at radius 3 is 2.48 bits per heavy atom. The molecule has 1 N–H and O–H groups in total. The van der Waals surface area contributed by atoms with Gasteiger partial charge in [-0.1, -0.05) is 50.6 Å². The molecule has 0 bridgehead atoms. The van der Waals surface area contributed by atoms with Crippen LogP contribution < -0.4 is 5.32 Å². The van der Waals surface area contributed by atoms with Gasteiger partial charge in [-0.3, -0.25) is 4.79 Å². The molecule has 3 rings (SSSR count). The van der Waals surface area contributed by atoms with Crippen molar-refractivity contribution in [2.75, 3.05) is 5.32 Å². The van der Waals surface area contributed by atoms with Gasteiger partial charge in [0.2, 0.25) is 0 Å². The molecule has 3 aromatic rings. The third kappa shape index (κ3) is 3.30. The Bertz CT molecular complexity index is 817. The van der Waals surface area contributed by atoms with Crippen LogP contribution in [-0.4, -0.2) is 5.91 Å². The van der Waals surface area contributed by atoms with Gasteiger partial charge in [-0.2, -0.15) is 0 Å². The molecule has 0 saturated carbocycles. The molecule has 0 aliphatic rings. The lowest BCUT2D eigenvalue weighted by molar-refractivity contribution is 0.103. The highest BCUT2D eigenvalue weighted by molar-refractivity contribution is 7.21. The SMILES string of the molecule is CCCc1c(C(=O)Nc2ccc(CC)cc2)sc2ccccc12. The molecule has 0 saturated heterocycles. The fourth-order valence-electron chi connectivity index (χ4n) is 2.79. The molecule has 1 amide bonds. The van der Waals surface area contributed by atoms with E-state index in [1.165, 1.54) is 21.2 Å². The minimum Gasteiger partial charge on any atom is -0.321 e. The van der Waals surface area contributed by atoms with Crippen molar-refractivity contribution in [2.24, 2.45) is 0 Å². The van der Waals surface area contributed by atoms with Crippen LogP contribution in [0.15, 0.2) is 48.5 Å². The molecule has 118 valence electrons. The average Bonchev–Trinajstić information content (AvgIpc) is 2.95. The highest BCUT2D eigenvalue weighted by atomic mass is 32.1. The van der Waals surface area contributed by atoms with E-state index in [1.807, 2.05) is 24.3 Å². The zero-order valence-electron chi connectivity index (χ0n) is 13.6. The molecular formula is C20H21NOS. The number of carbonyl (C=O) groups is 1. The lowest BCUT2D eigenvalue weighted by atomic mass is 10.1. The van der Waals surface area contributed by atoms with E-state index in [4.69, 9.17) is 0 Å². The summed E-state index contributed by atoms with van der Waals surface area (Å²) in [5, 5.41) is 4.25. The molecular weight excluding hydrogens is 302 g/mol. The molecule has 0 atom stereocenters. The highest BCUT2D eigenvalue weighted by Crippen LogP contribution is 2.32. The first-order valence-electron chi connectivity index (χ1n) is 8.13. The zero-order valence-corrected chi connectivity index (χ0v) is 14.4. The standard InChI is InChI=1S/C20H21NOS/c1-3-7-17-16-8-5-6-9-18(16)23-19(17)20(22)21-15-12-10-14(4-2)11-13-15/h5-6,8-13H,3-4,7H2,1-2H3,(H,21,22). The summed E-state index contributed by atoms with van der Waals surface area (Å²) in [5.41, 5.74) is 3.31. The largest absolute Gasteiger partial charge is 0.321 e. The molecule has 2 nitrogen and oxygen atoms in total. The van der Waals surface area contributed by atoms with Crippen LogP contribution in [-0.2, 0) is 12.8 Å². The summed E-state index contributed by atoms with van der Waals surface area (Å²) < 4.78 is 1.18. The van der Waals surface area contributed by atoms with Crippen LogP contribution >= 0.6 is 11.3 Å². The van der Waals surface area contributed by atoms with Crippen LogP contribution in [0.2, 0.25) is 0 Å². The lowest BCUT2D eigenvalue weighted by Crippen LogP contribution is -2.12. The van der Waals surface area contributed by atoms with Gasteiger partial charge < -0.3 is 5.32 Å². The Balaban J connectivity index is 1.91. The number of benzene rings is 2. The fourth-order valence-corrected chi connectivity index (χ4v) is 3.94. The molecule has 2 aromatic carbocycles. The van der Waals surface area contributed by atoms with Crippen LogP contribution in [0.25, 0.3) is 10.1 Å². The molecule has 23 heavy (non-hydrogen) atoms. The Morgan fingerprint density at radius 2 is 1.78 bits per heavy atom. The summed E-state index contributed by atoms with van der Waals surface area (Å²) >= 11 is 1.59. The molecule has 1 aromatic heterocycles. The summed E-state index contributed by atoms with van der Waals surface area (Å²) in [4.78, 5) is 13.6. The van der Waals surface area contributed by atoms with Gasteiger partial charge in [-0.25, -0.2) is 0 Å². The minimum absolute atomic E-state index is 0.00102. The first-order valence-corrected chi connectivity index (χ1v) is 8.95. The smallest absolute Gasteiger partial charge is 0.266 e. The summed E-state index contributed by atoms with van der Waals surface area (Å²) in [6.45, 7) is 4.28. The summed E-state index contributed by atoms with van der Waals surface area (Å²) in [6.07, 6.45) is 2.97. The number of anilines is 1. The Labute approximate surface area is 141 Å². The topological polar surface area (TPSA) is 29.1 Å². The van der Waals surface area contributed by atoms with Crippen LogP contribution in [0.3, 0.4) is 0 Å². The summed E-state index contributed by atoms with van der Waals surface area (Å²) in [5.74, 6) is -0.00102. The van der Waals surface area contributed by atoms with E-state index in [2.05, 4.69) is 43.4 Å². The van der Waals surface area contributed by atoms with Crippen molar-refractivity contribution in [1.82, 2.24) is 0 Å². The van der Waals surface area contributed by atoms with Crippen LogP contribution in [0, 0.1) is 0 Å². The molecule has 0 aliphatic carbocycles. The number of thiophene rings is 1. The van der Waals surface area contributed by atoms with Crippen LogP contribution in [0.1, 0.15) is 41.1 Å². The number of hydrogen-bond donors (Lipinski definition) is 1. The van der Waals surface area contributed by atoms with Gasteiger partial charge in [-0.15, -0.1) is 11.3 Å². The van der Waals surface area contributed by atoms with Crippen molar-refractivity contribution in [1.29, 1.82) is 0 Å². The highest BCUT2D eigenvalue weighted by Gasteiger charge is 2.17. The maximum atomic E-state index is 12.7. The average molecular weight is 323 g/mol. The van der Waals surface area contributed by atoms with Crippen LogP contribution in [0.5, 0.6) is 0 Å². The zero-order chi connectivity index (χ0) is 16.2. The number of nitrogens with one attached hydrogen (secondary N) is 1. The second-order valence-corrected chi connectivity index (χ2v) is 6.71. The van der Waals surface area contributed by atoms with E-state index in [9.17, 15) is 4.79 Å². The van der Waals surface area contributed by atoms with Gasteiger partial charge >= 0.3 is 0 Å². The van der Waals surface area contributed by atoms with Crippen molar-refractivity contribution in [2.45, 2.75) is 33.1 Å². The van der Waals surface area contributed by atoms with E-state index in [1.54, 1.807) is 11.3 Å². The monoisotopic (exact) mass is 323 g/mol. The van der Waals surface area contributed by atoms with E-state index < -0.39 is 0 Å². The second kappa shape index (κ2) is 6.97. The Kier molecular flexibility index (Phi) is 4.77. The van der Waals surface area contributed by atoms with E-state index in [-0.39, 0.29) is 5.91 Å². The van der Waals surface area contributed by atoms with Gasteiger partial charge in [0.1, 0.15) is 0 Å². The van der Waals surface area contributed by atoms with Gasteiger partial charge in [0.05, 0.1) is 4.88 Å². The maximum absolute atomic E-state index is 12.7. The first kappa shape index (κ1) is 15.8. The number of fused-ring (bicyclic) bond motifs is 1. The lowest BCUT2D eigenvalue weighted by Gasteiger charge is -2.07.